The third-order valence-electron chi connectivity index (χ3n) is 4.70. The molecule has 0 saturated heterocycles. The molecule has 0 fully saturated rings. The topological polar surface area (TPSA) is 31.4 Å². The van der Waals surface area contributed by atoms with Crippen LogP contribution in [0.5, 0.6) is 11.5 Å². The molecule has 3 nitrogen and oxygen atoms in total. The van der Waals surface area contributed by atoms with Crippen molar-refractivity contribution in [1.29, 1.82) is 0 Å². The highest BCUT2D eigenvalue weighted by Crippen LogP contribution is 2.38. The van der Waals surface area contributed by atoms with E-state index in [9.17, 15) is 0 Å². The fourth-order valence-electron chi connectivity index (χ4n) is 3.49. The number of ether oxygens (including phenoxy) is 2. The summed E-state index contributed by atoms with van der Waals surface area (Å²) in [5.74, 6) is 1.56. The molecule has 122 valence electrons. The summed E-state index contributed by atoms with van der Waals surface area (Å²) in [6.45, 7) is 2.57. The number of benzene rings is 3. The van der Waals surface area contributed by atoms with E-state index in [1.54, 1.807) is 0 Å². The molecular formula is C22H17NO2. The van der Waals surface area contributed by atoms with Crippen LogP contribution in [-0.2, 0) is 0 Å². The Morgan fingerprint density at radius 1 is 0.840 bits per heavy atom. The Labute approximate surface area is 145 Å². The maximum atomic E-state index is 6.21. The minimum atomic E-state index is -0.217. The lowest BCUT2D eigenvalue weighted by Gasteiger charge is -2.27. The summed E-state index contributed by atoms with van der Waals surface area (Å²) >= 11 is 0. The molecule has 1 aliphatic rings. The largest absolute Gasteiger partial charge is 0.485 e. The third kappa shape index (κ3) is 2.31. The SMILES string of the molecule is Cc1ccc2nc(C3COc4ccccc4O3)c3ccccc3c2c1. The molecule has 0 aliphatic carbocycles. The minimum Gasteiger partial charge on any atom is -0.485 e. The Hall–Kier alpha value is -3.07. The number of aryl methyl sites for hydroxylation is 1. The quantitative estimate of drug-likeness (QED) is 0.450. The van der Waals surface area contributed by atoms with Gasteiger partial charge < -0.3 is 9.47 Å². The molecule has 2 heterocycles. The van der Waals surface area contributed by atoms with Crippen LogP contribution in [0.25, 0.3) is 21.7 Å². The third-order valence-corrected chi connectivity index (χ3v) is 4.70. The second-order valence-corrected chi connectivity index (χ2v) is 6.43. The van der Waals surface area contributed by atoms with Gasteiger partial charge in [0.25, 0.3) is 0 Å². The highest BCUT2D eigenvalue weighted by atomic mass is 16.6. The molecule has 4 aromatic rings. The average Bonchev–Trinajstić information content (AvgIpc) is 2.67. The summed E-state index contributed by atoms with van der Waals surface area (Å²) in [4.78, 5) is 4.94. The van der Waals surface area contributed by atoms with Crippen LogP contribution in [0.4, 0.5) is 0 Å². The summed E-state index contributed by atoms with van der Waals surface area (Å²) in [6, 6.07) is 22.5. The van der Waals surface area contributed by atoms with Gasteiger partial charge in [-0.2, -0.15) is 0 Å². The number of aromatic nitrogens is 1. The standard InChI is InChI=1S/C22H17NO2/c1-14-10-11-18-17(12-14)15-6-2-3-7-16(15)22(23-18)21-13-24-19-8-4-5-9-20(19)25-21/h2-12,21H,13H2,1H3. The van der Waals surface area contributed by atoms with Crippen LogP contribution in [0.15, 0.2) is 66.7 Å². The molecule has 0 N–H and O–H groups in total. The lowest BCUT2D eigenvalue weighted by atomic mass is 10.00. The fraction of sp³-hybridized carbons (Fsp3) is 0.136. The van der Waals surface area contributed by atoms with E-state index in [-0.39, 0.29) is 6.10 Å². The molecule has 0 spiro atoms. The number of fused-ring (bicyclic) bond motifs is 4. The summed E-state index contributed by atoms with van der Waals surface area (Å²) in [7, 11) is 0. The number of pyridine rings is 1. The summed E-state index contributed by atoms with van der Waals surface area (Å²) < 4.78 is 12.1. The van der Waals surface area contributed by atoms with E-state index in [2.05, 4.69) is 43.3 Å². The van der Waals surface area contributed by atoms with Gasteiger partial charge in [-0.05, 0) is 36.6 Å². The van der Waals surface area contributed by atoms with Crippen molar-refractivity contribution in [2.75, 3.05) is 6.61 Å². The maximum absolute atomic E-state index is 6.21. The zero-order chi connectivity index (χ0) is 16.8. The van der Waals surface area contributed by atoms with Crippen molar-refractivity contribution in [2.24, 2.45) is 0 Å². The van der Waals surface area contributed by atoms with Gasteiger partial charge in [-0.1, -0.05) is 48.0 Å². The monoisotopic (exact) mass is 327 g/mol. The van der Waals surface area contributed by atoms with Gasteiger partial charge in [0.1, 0.15) is 6.61 Å². The molecule has 1 unspecified atom stereocenters. The van der Waals surface area contributed by atoms with Crippen LogP contribution >= 0.6 is 0 Å². The van der Waals surface area contributed by atoms with Crippen molar-refractivity contribution < 1.29 is 9.47 Å². The number of nitrogens with zero attached hydrogens (tertiary/aromatic N) is 1. The zero-order valence-corrected chi connectivity index (χ0v) is 13.9. The minimum absolute atomic E-state index is 0.217. The van der Waals surface area contributed by atoms with Crippen molar-refractivity contribution in [3.8, 4) is 11.5 Å². The van der Waals surface area contributed by atoms with E-state index in [0.29, 0.717) is 6.61 Å². The maximum Gasteiger partial charge on any atom is 0.175 e. The van der Waals surface area contributed by atoms with Crippen LogP contribution in [0.1, 0.15) is 17.4 Å². The molecule has 0 saturated carbocycles. The van der Waals surface area contributed by atoms with E-state index in [1.807, 2.05) is 30.3 Å². The van der Waals surface area contributed by atoms with Gasteiger partial charge >= 0.3 is 0 Å². The smallest absolute Gasteiger partial charge is 0.175 e. The summed E-state index contributed by atoms with van der Waals surface area (Å²) in [5, 5.41) is 3.50. The lowest BCUT2D eigenvalue weighted by Crippen LogP contribution is -2.22. The summed E-state index contributed by atoms with van der Waals surface area (Å²) in [6.07, 6.45) is -0.217. The van der Waals surface area contributed by atoms with E-state index < -0.39 is 0 Å². The Bertz CT molecular complexity index is 1100. The molecule has 0 amide bonds. The van der Waals surface area contributed by atoms with Crippen molar-refractivity contribution in [3.05, 3.63) is 78.0 Å². The predicted molar refractivity (Wildman–Crippen MR) is 99.3 cm³/mol. The van der Waals surface area contributed by atoms with Gasteiger partial charge in [0.2, 0.25) is 0 Å². The molecule has 0 radical (unpaired) electrons. The van der Waals surface area contributed by atoms with Crippen LogP contribution < -0.4 is 9.47 Å². The van der Waals surface area contributed by atoms with Gasteiger partial charge in [-0.25, -0.2) is 4.98 Å². The average molecular weight is 327 g/mol. The number of para-hydroxylation sites is 2. The van der Waals surface area contributed by atoms with Gasteiger partial charge in [0.15, 0.2) is 17.6 Å². The predicted octanol–water partition coefficient (Wildman–Crippen LogP) is 5.21. The van der Waals surface area contributed by atoms with Crippen LogP contribution in [-0.4, -0.2) is 11.6 Å². The first-order valence-corrected chi connectivity index (χ1v) is 8.47. The molecule has 0 bridgehead atoms. The molecule has 3 aromatic carbocycles. The van der Waals surface area contributed by atoms with Gasteiger partial charge in [-0.15, -0.1) is 0 Å². The van der Waals surface area contributed by atoms with Gasteiger partial charge in [0.05, 0.1) is 11.2 Å². The first-order chi connectivity index (χ1) is 12.3. The first-order valence-electron chi connectivity index (χ1n) is 8.47. The van der Waals surface area contributed by atoms with E-state index in [4.69, 9.17) is 14.5 Å². The molecule has 1 atom stereocenters. The first kappa shape index (κ1) is 14.3. The Balaban J connectivity index is 1.72. The highest BCUT2D eigenvalue weighted by Gasteiger charge is 2.25. The lowest BCUT2D eigenvalue weighted by molar-refractivity contribution is 0.0896. The Kier molecular flexibility index (Phi) is 3.14. The molecule has 25 heavy (non-hydrogen) atoms. The van der Waals surface area contributed by atoms with Gasteiger partial charge in [0, 0.05) is 10.8 Å². The summed E-state index contributed by atoms with van der Waals surface area (Å²) in [5.41, 5.74) is 3.15. The molecule has 1 aliphatic heterocycles. The zero-order valence-electron chi connectivity index (χ0n) is 13.9. The van der Waals surface area contributed by atoms with E-state index >= 15 is 0 Å². The Morgan fingerprint density at radius 2 is 1.60 bits per heavy atom. The Morgan fingerprint density at radius 3 is 2.48 bits per heavy atom. The van der Waals surface area contributed by atoms with Crippen LogP contribution in [0.3, 0.4) is 0 Å². The van der Waals surface area contributed by atoms with Crippen molar-refractivity contribution in [1.82, 2.24) is 4.98 Å². The van der Waals surface area contributed by atoms with Crippen LogP contribution in [0, 0.1) is 6.92 Å². The molecule has 5 rings (SSSR count). The number of hydrogen-bond acceptors (Lipinski definition) is 3. The van der Waals surface area contributed by atoms with Gasteiger partial charge in [-0.3, -0.25) is 0 Å². The second-order valence-electron chi connectivity index (χ2n) is 6.43. The van der Waals surface area contributed by atoms with E-state index in [1.165, 1.54) is 16.3 Å². The normalized spacial score (nSPS) is 16.3. The van der Waals surface area contributed by atoms with Crippen molar-refractivity contribution in [3.63, 3.8) is 0 Å². The van der Waals surface area contributed by atoms with E-state index in [0.717, 1.165) is 28.1 Å². The van der Waals surface area contributed by atoms with Crippen molar-refractivity contribution in [2.45, 2.75) is 13.0 Å². The second kappa shape index (κ2) is 5.49. The number of rotatable bonds is 1. The fourth-order valence-corrected chi connectivity index (χ4v) is 3.49. The van der Waals surface area contributed by atoms with Crippen molar-refractivity contribution >= 4 is 21.7 Å². The molecule has 3 heteroatoms. The number of hydrogen-bond donors (Lipinski definition) is 0. The highest BCUT2D eigenvalue weighted by molar-refractivity contribution is 6.07. The van der Waals surface area contributed by atoms with Crippen LogP contribution in [0.2, 0.25) is 0 Å². The molecular weight excluding hydrogens is 310 g/mol. The molecule has 1 aromatic heterocycles.